The topological polar surface area (TPSA) is 33.0 Å². The summed E-state index contributed by atoms with van der Waals surface area (Å²) in [6, 6.07) is 15.3. The van der Waals surface area contributed by atoms with Crippen LogP contribution in [0.25, 0.3) is 6.08 Å². The number of hydrogen-bond donors (Lipinski definition) is 1. The molecule has 0 aliphatic heterocycles. The van der Waals surface area contributed by atoms with Gasteiger partial charge in [-0.3, -0.25) is 4.79 Å². The summed E-state index contributed by atoms with van der Waals surface area (Å²) in [7, 11) is 0. The Kier molecular flexibility index (Phi) is 5.61. The van der Waals surface area contributed by atoms with Crippen molar-refractivity contribution in [1.29, 1.82) is 0 Å². The minimum atomic E-state index is -0.162. The Labute approximate surface area is 112 Å². The van der Waals surface area contributed by atoms with Crippen molar-refractivity contribution in [3.8, 4) is 0 Å². The average Bonchev–Trinajstić information content (AvgIpc) is 2.39. The van der Waals surface area contributed by atoms with Crippen LogP contribution >= 0.6 is 0 Å². The van der Waals surface area contributed by atoms with Crippen molar-refractivity contribution in [2.45, 2.75) is 0 Å². The first-order valence-electron chi connectivity index (χ1n) is 5.35. The lowest BCUT2D eigenvalue weighted by atomic mass is 10.2. The van der Waals surface area contributed by atoms with Crippen molar-refractivity contribution in [3.63, 3.8) is 0 Å². The third-order valence-corrected chi connectivity index (χ3v) is 2.18. The van der Waals surface area contributed by atoms with Gasteiger partial charge in [0.1, 0.15) is 0 Å². The van der Waals surface area contributed by atoms with E-state index in [1.165, 1.54) is 6.08 Å². The van der Waals surface area contributed by atoms with Crippen LogP contribution in [0.15, 0.2) is 67.0 Å². The summed E-state index contributed by atoms with van der Waals surface area (Å²) in [6.45, 7) is 0. The van der Waals surface area contributed by atoms with Crippen LogP contribution in [0.1, 0.15) is 5.56 Å². The smallest absolute Gasteiger partial charge is 0.298 e. The number of benzene rings is 1. The van der Waals surface area contributed by atoms with E-state index in [4.69, 9.17) is 0 Å². The number of carbonyl (C=O) groups is 1. The minimum Gasteiger partial charge on any atom is -1.00 e. The van der Waals surface area contributed by atoms with E-state index in [9.17, 15) is 4.79 Å². The zero-order valence-corrected chi connectivity index (χ0v) is 10.4. The molecule has 1 N–H and O–H groups in total. The molecular weight excluding hydrogens is 248 g/mol. The van der Waals surface area contributed by atoms with Gasteiger partial charge < -0.3 is 12.4 Å². The van der Waals surface area contributed by atoms with Crippen molar-refractivity contribution in [2.24, 2.45) is 0 Å². The Bertz CT molecular complexity index is 512. The number of aromatic nitrogens is 1. The first kappa shape index (κ1) is 13.9. The maximum atomic E-state index is 11.6. The van der Waals surface area contributed by atoms with Gasteiger partial charge in [-0.05, 0) is 11.6 Å². The molecule has 0 radical (unpaired) electrons. The lowest BCUT2D eigenvalue weighted by molar-refractivity contribution is -0.642. The number of amides is 1. The zero-order valence-electron chi connectivity index (χ0n) is 9.66. The molecule has 1 aromatic carbocycles. The third kappa shape index (κ3) is 4.39. The SMILES string of the molecule is O=C(C=Cc1ccccc1)N[n+]1ccccc1.[Cl-]. The van der Waals surface area contributed by atoms with E-state index in [2.05, 4.69) is 5.43 Å². The van der Waals surface area contributed by atoms with Crippen LogP contribution in [-0.2, 0) is 4.79 Å². The van der Waals surface area contributed by atoms with E-state index >= 15 is 0 Å². The monoisotopic (exact) mass is 260 g/mol. The quantitative estimate of drug-likeness (QED) is 0.544. The lowest BCUT2D eigenvalue weighted by Crippen LogP contribution is -3.00. The Morgan fingerprint density at radius 1 is 1.00 bits per heavy atom. The van der Waals surface area contributed by atoms with Crippen LogP contribution in [0.5, 0.6) is 0 Å². The molecule has 0 bridgehead atoms. The molecule has 0 saturated heterocycles. The van der Waals surface area contributed by atoms with E-state index in [0.717, 1.165) is 5.56 Å². The highest BCUT2D eigenvalue weighted by Crippen LogP contribution is 2.00. The van der Waals surface area contributed by atoms with E-state index in [1.807, 2.05) is 48.5 Å². The third-order valence-electron chi connectivity index (χ3n) is 2.18. The molecule has 1 aromatic heterocycles. The van der Waals surface area contributed by atoms with Crippen molar-refractivity contribution in [2.75, 3.05) is 5.43 Å². The van der Waals surface area contributed by atoms with Crippen LogP contribution in [0.4, 0.5) is 0 Å². The molecule has 0 fully saturated rings. The van der Waals surface area contributed by atoms with Gasteiger partial charge in [-0.1, -0.05) is 41.1 Å². The molecule has 18 heavy (non-hydrogen) atoms. The second-order valence-electron chi connectivity index (χ2n) is 3.50. The number of nitrogens with one attached hydrogen (secondary N) is 1. The fourth-order valence-corrected chi connectivity index (χ4v) is 1.37. The standard InChI is InChI=1S/C14H12N2O.ClH/c17-14(15-16-11-5-2-6-12-16)10-9-13-7-3-1-4-8-13;/h1-12H;1H. The molecular formula is C14H13ClN2O. The van der Waals surface area contributed by atoms with Crippen molar-refractivity contribution in [1.82, 2.24) is 0 Å². The number of rotatable bonds is 3. The van der Waals surface area contributed by atoms with Crippen LogP contribution in [0, 0.1) is 0 Å². The van der Waals surface area contributed by atoms with Gasteiger partial charge in [0.2, 0.25) is 0 Å². The van der Waals surface area contributed by atoms with Crippen LogP contribution in [-0.4, -0.2) is 5.91 Å². The molecule has 0 atom stereocenters. The molecule has 2 aromatic rings. The molecule has 3 nitrogen and oxygen atoms in total. The van der Waals surface area contributed by atoms with Gasteiger partial charge in [-0.2, -0.15) is 0 Å². The summed E-state index contributed by atoms with van der Waals surface area (Å²) in [4.78, 5) is 11.6. The summed E-state index contributed by atoms with van der Waals surface area (Å²) in [5, 5.41) is 0. The van der Waals surface area contributed by atoms with E-state index < -0.39 is 0 Å². The fourth-order valence-electron chi connectivity index (χ4n) is 1.37. The number of carbonyl (C=O) groups excluding carboxylic acids is 1. The van der Waals surface area contributed by atoms with Gasteiger partial charge in [-0.25, -0.2) is 0 Å². The molecule has 1 amide bonds. The highest BCUT2D eigenvalue weighted by Gasteiger charge is 2.01. The maximum Gasteiger partial charge on any atom is 0.298 e. The summed E-state index contributed by atoms with van der Waals surface area (Å²) >= 11 is 0. The van der Waals surface area contributed by atoms with Gasteiger partial charge in [0.15, 0.2) is 12.4 Å². The summed E-state index contributed by atoms with van der Waals surface area (Å²) in [5.74, 6) is -0.162. The van der Waals surface area contributed by atoms with Gasteiger partial charge in [0.05, 0.1) is 0 Å². The van der Waals surface area contributed by atoms with Crippen molar-refractivity contribution < 1.29 is 21.9 Å². The second-order valence-corrected chi connectivity index (χ2v) is 3.50. The Morgan fingerprint density at radius 3 is 2.28 bits per heavy atom. The summed E-state index contributed by atoms with van der Waals surface area (Å²) in [6.07, 6.45) is 6.83. The first-order valence-corrected chi connectivity index (χ1v) is 5.35. The van der Waals surface area contributed by atoms with Crippen LogP contribution in [0.3, 0.4) is 0 Å². The largest absolute Gasteiger partial charge is 1.00 e. The predicted octanol–water partition coefficient (Wildman–Crippen LogP) is -1.24. The first-order chi connectivity index (χ1) is 8.34. The molecule has 4 heteroatoms. The predicted molar refractivity (Wildman–Crippen MR) is 66.5 cm³/mol. The Hall–Kier alpha value is -2.13. The van der Waals surface area contributed by atoms with Gasteiger partial charge in [-0.15, -0.1) is 5.43 Å². The van der Waals surface area contributed by atoms with E-state index in [1.54, 1.807) is 23.1 Å². The molecule has 2 rings (SSSR count). The number of halogens is 1. The highest BCUT2D eigenvalue weighted by molar-refractivity contribution is 5.96. The van der Waals surface area contributed by atoms with Crippen molar-refractivity contribution >= 4 is 12.0 Å². The van der Waals surface area contributed by atoms with Crippen molar-refractivity contribution in [3.05, 3.63) is 72.6 Å². The zero-order chi connectivity index (χ0) is 11.9. The normalized spacial score (nSPS) is 9.78. The highest BCUT2D eigenvalue weighted by atomic mass is 35.5. The molecule has 92 valence electrons. The summed E-state index contributed by atoms with van der Waals surface area (Å²) in [5.41, 5.74) is 3.70. The van der Waals surface area contributed by atoms with Gasteiger partial charge >= 0.3 is 0 Å². The molecule has 0 aliphatic carbocycles. The molecule has 1 heterocycles. The van der Waals surface area contributed by atoms with E-state index in [-0.39, 0.29) is 18.3 Å². The van der Waals surface area contributed by atoms with Gasteiger partial charge in [0.25, 0.3) is 5.91 Å². The minimum absolute atomic E-state index is 0. The lowest BCUT2D eigenvalue weighted by Gasteiger charge is -1.94. The maximum absolute atomic E-state index is 11.6. The second kappa shape index (κ2) is 7.25. The number of pyridine rings is 1. The Morgan fingerprint density at radius 2 is 1.61 bits per heavy atom. The van der Waals surface area contributed by atoms with Crippen LogP contribution < -0.4 is 22.5 Å². The molecule has 0 unspecified atom stereocenters. The molecule has 0 aliphatic rings. The van der Waals surface area contributed by atoms with E-state index in [0.29, 0.717) is 0 Å². The number of nitrogens with zero attached hydrogens (tertiary/aromatic N) is 1. The Balaban J connectivity index is 0.00000162. The number of hydrogen-bond acceptors (Lipinski definition) is 1. The fraction of sp³-hybridized carbons (Fsp3) is 0. The molecule has 0 saturated carbocycles. The van der Waals surface area contributed by atoms with Gasteiger partial charge in [0, 0.05) is 18.2 Å². The molecule has 0 spiro atoms. The average molecular weight is 261 g/mol. The summed E-state index contributed by atoms with van der Waals surface area (Å²) < 4.78 is 1.61. The van der Waals surface area contributed by atoms with Crippen LogP contribution in [0.2, 0.25) is 0 Å².